The largest absolute Gasteiger partial charge is 0.383 e. The van der Waals surface area contributed by atoms with Gasteiger partial charge in [0, 0.05) is 40.1 Å². The highest BCUT2D eigenvalue weighted by Gasteiger charge is 2.20. The SMILES string of the molecule is COCCn1cnc(-c2nc(C(=O)N(C)C)c3ccccn23)c1. The number of rotatable bonds is 5. The van der Waals surface area contributed by atoms with Crippen LogP contribution in [0, 0.1) is 0 Å². The van der Waals surface area contributed by atoms with Gasteiger partial charge in [-0.05, 0) is 12.1 Å². The maximum absolute atomic E-state index is 12.4. The maximum atomic E-state index is 12.4. The maximum Gasteiger partial charge on any atom is 0.274 e. The van der Waals surface area contributed by atoms with Crippen molar-refractivity contribution >= 4 is 11.4 Å². The van der Waals surface area contributed by atoms with Gasteiger partial charge in [-0.25, -0.2) is 9.97 Å². The summed E-state index contributed by atoms with van der Waals surface area (Å²) in [5.41, 5.74) is 1.92. The number of pyridine rings is 1. The van der Waals surface area contributed by atoms with E-state index in [0.29, 0.717) is 18.1 Å². The number of hydrogen-bond donors (Lipinski definition) is 0. The molecule has 0 aliphatic heterocycles. The molecule has 0 aliphatic rings. The number of carbonyl (C=O) groups excluding carboxylic acids is 1. The summed E-state index contributed by atoms with van der Waals surface area (Å²) in [6, 6.07) is 5.68. The second kappa shape index (κ2) is 6.21. The van der Waals surface area contributed by atoms with E-state index in [1.807, 2.05) is 39.6 Å². The average Bonchev–Trinajstić information content (AvgIpc) is 3.16. The summed E-state index contributed by atoms with van der Waals surface area (Å²) in [7, 11) is 5.10. The Balaban J connectivity index is 2.07. The van der Waals surface area contributed by atoms with Crippen LogP contribution < -0.4 is 0 Å². The Kier molecular flexibility index (Phi) is 4.12. The third-order valence-corrected chi connectivity index (χ3v) is 3.57. The summed E-state index contributed by atoms with van der Waals surface area (Å²) in [6.45, 7) is 1.33. The van der Waals surface area contributed by atoms with Gasteiger partial charge in [0.2, 0.25) is 0 Å². The lowest BCUT2D eigenvalue weighted by Gasteiger charge is -2.07. The minimum absolute atomic E-state index is 0.126. The van der Waals surface area contributed by atoms with Crippen LogP contribution in [0.3, 0.4) is 0 Å². The first-order valence-electron chi connectivity index (χ1n) is 7.31. The molecule has 0 unspecified atom stereocenters. The number of amides is 1. The fourth-order valence-electron chi connectivity index (χ4n) is 2.38. The lowest BCUT2D eigenvalue weighted by Crippen LogP contribution is -2.22. The molecule has 0 atom stereocenters. The van der Waals surface area contributed by atoms with Gasteiger partial charge < -0.3 is 14.2 Å². The molecule has 7 heteroatoms. The predicted molar refractivity (Wildman–Crippen MR) is 86.3 cm³/mol. The predicted octanol–water partition coefficient (Wildman–Crippen LogP) is 1.55. The Labute approximate surface area is 134 Å². The highest BCUT2D eigenvalue weighted by Crippen LogP contribution is 2.22. The minimum Gasteiger partial charge on any atom is -0.383 e. The van der Waals surface area contributed by atoms with E-state index in [1.165, 1.54) is 4.90 Å². The number of aromatic nitrogens is 4. The van der Waals surface area contributed by atoms with E-state index in [1.54, 1.807) is 27.5 Å². The minimum atomic E-state index is -0.126. The first-order chi connectivity index (χ1) is 11.1. The van der Waals surface area contributed by atoms with Gasteiger partial charge in [-0.1, -0.05) is 6.07 Å². The molecule has 3 aromatic heterocycles. The average molecular weight is 313 g/mol. The number of hydrogen-bond acceptors (Lipinski definition) is 4. The van der Waals surface area contributed by atoms with E-state index < -0.39 is 0 Å². The van der Waals surface area contributed by atoms with Gasteiger partial charge in [0.1, 0.15) is 5.69 Å². The zero-order valence-corrected chi connectivity index (χ0v) is 13.4. The molecule has 0 saturated carbocycles. The van der Waals surface area contributed by atoms with Crippen molar-refractivity contribution in [3.8, 4) is 11.5 Å². The third-order valence-electron chi connectivity index (χ3n) is 3.57. The Hall–Kier alpha value is -2.67. The van der Waals surface area contributed by atoms with E-state index in [-0.39, 0.29) is 5.91 Å². The van der Waals surface area contributed by atoms with Gasteiger partial charge >= 0.3 is 0 Å². The van der Waals surface area contributed by atoms with E-state index in [9.17, 15) is 4.79 Å². The van der Waals surface area contributed by atoms with E-state index in [4.69, 9.17) is 4.74 Å². The molecule has 3 heterocycles. The van der Waals surface area contributed by atoms with E-state index >= 15 is 0 Å². The highest BCUT2D eigenvalue weighted by molar-refractivity contribution is 5.99. The molecule has 0 fully saturated rings. The molecule has 120 valence electrons. The Bertz CT molecular complexity index is 834. The van der Waals surface area contributed by atoms with E-state index in [2.05, 4.69) is 9.97 Å². The van der Waals surface area contributed by atoms with Crippen LogP contribution in [0.5, 0.6) is 0 Å². The summed E-state index contributed by atoms with van der Waals surface area (Å²) < 4.78 is 8.90. The third kappa shape index (κ3) is 2.83. The first-order valence-corrected chi connectivity index (χ1v) is 7.31. The number of carbonyl (C=O) groups is 1. The van der Waals surface area contributed by atoms with Crippen LogP contribution in [0.25, 0.3) is 17.0 Å². The summed E-state index contributed by atoms with van der Waals surface area (Å²) >= 11 is 0. The lowest BCUT2D eigenvalue weighted by atomic mass is 10.3. The van der Waals surface area contributed by atoms with Crippen LogP contribution in [0.15, 0.2) is 36.9 Å². The first kappa shape index (κ1) is 15.2. The Morgan fingerprint density at radius 3 is 2.91 bits per heavy atom. The highest BCUT2D eigenvalue weighted by atomic mass is 16.5. The lowest BCUT2D eigenvalue weighted by molar-refractivity contribution is 0.0824. The molecular formula is C16H19N5O2. The molecule has 23 heavy (non-hydrogen) atoms. The molecular weight excluding hydrogens is 294 g/mol. The van der Waals surface area contributed by atoms with Gasteiger partial charge in [-0.2, -0.15) is 0 Å². The molecule has 0 N–H and O–H groups in total. The van der Waals surface area contributed by atoms with Gasteiger partial charge in [-0.15, -0.1) is 0 Å². The number of nitrogens with zero attached hydrogens (tertiary/aromatic N) is 5. The van der Waals surface area contributed by atoms with Gasteiger partial charge in [0.05, 0.1) is 18.5 Å². The van der Waals surface area contributed by atoms with Gasteiger partial charge in [-0.3, -0.25) is 9.20 Å². The molecule has 1 amide bonds. The molecule has 0 aliphatic carbocycles. The second-order valence-corrected chi connectivity index (χ2v) is 5.43. The standard InChI is InChI=1S/C16H19N5O2/c1-19(2)16(22)14-13-6-4-5-7-21(13)15(18-14)12-10-20(11-17-12)8-9-23-3/h4-7,10-11H,8-9H2,1-3H3. The van der Waals surface area contributed by atoms with Gasteiger partial charge in [0.25, 0.3) is 5.91 Å². The van der Waals surface area contributed by atoms with Gasteiger partial charge in [0.15, 0.2) is 11.5 Å². The van der Waals surface area contributed by atoms with Crippen molar-refractivity contribution in [3.63, 3.8) is 0 Å². The molecule has 7 nitrogen and oxygen atoms in total. The van der Waals surface area contributed by atoms with E-state index in [0.717, 1.165) is 17.8 Å². The number of methoxy groups -OCH3 is 1. The van der Waals surface area contributed by atoms with Crippen molar-refractivity contribution in [1.29, 1.82) is 0 Å². The summed E-state index contributed by atoms with van der Waals surface area (Å²) in [6.07, 6.45) is 5.54. The Morgan fingerprint density at radius 1 is 1.35 bits per heavy atom. The monoisotopic (exact) mass is 313 g/mol. The van der Waals surface area contributed by atoms with Crippen LogP contribution >= 0.6 is 0 Å². The smallest absolute Gasteiger partial charge is 0.274 e. The van der Waals surface area contributed by atoms with Crippen molar-refractivity contribution in [2.75, 3.05) is 27.8 Å². The molecule has 3 aromatic rings. The van der Waals surface area contributed by atoms with Crippen LogP contribution in [0.2, 0.25) is 0 Å². The number of fused-ring (bicyclic) bond motifs is 1. The summed E-state index contributed by atoms with van der Waals surface area (Å²) in [5, 5.41) is 0. The van der Waals surface area contributed by atoms with Crippen LogP contribution in [-0.4, -0.2) is 57.6 Å². The molecule has 3 rings (SSSR count). The zero-order chi connectivity index (χ0) is 16.4. The molecule has 0 saturated heterocycles. The van der Waals surface area contributed by atoms with Crippen molar-refractivity contribution in [2.24, 2.45) is 0 Å². The summed E-state index contributed by atoms with van der Waals surface area (Å²) in [4.78, 5) is 22.8. The zero-order valence-electron chi connectivity index (χ0n) is 13.4. The molecule has 0 aromatic carbocycles. The van der Waals surface area contributed by atoms with Crippen LogP contribution in [0.1, 0.15) is 10.5 Å². The normalized spacial score (nSPS) is 11.1. The topological polar surface area (TPSA) is 64.7 Å². The van der Waals surface area contributed by atoms with Crippen LogP contribution in [0.4, 0.5) is 0 Å². The van der Waals surface area contributed by atoms with Crippen molar-refractivity contribution in [2.45, 2.75) is 6.54 Å². The molecule has 0 bridgehead atoms. The Morgan fingerprint density at radius 2 is 2.17 bits per heavy atom. The fraction of sp³-hybridized carbons (Fsp3) is 0.312. The second-order valence-electron chi connectivity index (χ2n) is 5.43. The molecule has 0 radical (unpaired) electrons. The quantitative estimate of drug-likeness (QED) is 0.717. The molecule has 0 spiro atoms. The van der Waals surface area contributed by atoms with Crippen LogP contribution in [-0.2, 0) is 11.3 Å². The summed E-state index contributed by atoms with van der Waals surface area (Å²) in [5.74, 6) is 0.528. The number of imidazole rings is 2. The number of ether oxygens (including phenoxy) is 1. The van der Waals surface area contributed by atoms with Crippen molar-refractivity contribution in [3.05, 3.63) is 42.6 Å². The van der Waals surface area contributed by atoms with Crippen molar-refractivity contribution < 1.29 is 9.53 Å². The fourth-order valence-corrected chi connectivity index (χ4v) is 2.38. The van der Waals surface area contributed by atoms with Crippen molar-refractivity contribution in [1.82, 2.24) is 23.8 Å².